The molecule has 4 rings (SSSR count). The summed E-state index contributed by atoms with van der Waals surface area (Å²) in [5.74, 6) is 2.74. The fourth-order valence-corrected chi connectivity index (χ4v) is 6.97. The van der Waals surface area contributed by atoms with Crippen molar-refractivity contribution in [3.8, 4) is 17.8 Å². The molecule has 0 N–H and O–H groups in total. The Bertz CT molecular complexity index is 1270. The lowest BCUT2D eigenvalue weighted by atomic mass is 10.1. The number of nitrogens with zero attached hydrogens (tertiary/aromatic N) is 6. The molecule has 0 unspecified atom stereocenters. The van der Waals surface area contributed by atoms with Gasteiger partial charge in [-0.05, 0) is 43.2 Å². The molecular formula is C26H32N6O2S3. The van der Waals surface area contributed by atoms with Gasteiger partial charge in [-0.15, -0.1) is 0 Å². The maximum Gasteiger partial charge on any atom is 0.154 e. The second-order valence-electron chi connectivity index (χ2n) is 8.88. The van der Waals surface area contributed by atoms with Gasteiger partial charge in [-0.2, -0.15) is 22.3 Å². The molecule has 0 radical (unpaired) electrons. The van der Waals surface area contributed by atoms with Crippen LogP contribution in [0, 0.1) is 41.2 Å². The van der Waals surface area contributed by atoms with Crippen LogP contribution in [0.4, 0.5) is 11.6 Å². The normalized spacial score (nSPS) is 15.9. The highest BCUT2D eigenvalue weighted by molar-refractivity contribution is 8.15. The standard InChI is InChI=1S/C26H32N6O2S3/c1-4-13-36-17-37-25-21(16-28)19(3)23(24(29-25)31-7-11-34-12-8-31)32-22(30-5-9-33-10-6-30)14-18(2)20(15-27)26(32)35/h14H,4-13,17H2,1-3H3. The maximum atomic E-state index is 10.2. The second-order valence-corrected chi connectivity index (χ2v) is 11.7. The van der Waals surface area contributed by atoms with Gasteiger partial charge in [0.2, 0.25) is 0 Å². The highest BCUT2D eigenvalue weighted by Gasteiger charge is 2.28. The first-order valence-corrected chi connectivity index (χ1v) is 15.0. The summed E-state index contributed by atoms with van der Waals surface area (Å²) in [5.41, 5.74) is 3.45. The molecule has 2 aliphatic heterocycles. The highest BCUT2D eigenvalue weighted by Crippen LogP contribution is 2.38. The zero-order valence-electron chi connectivity index (χ0n) is 21.6. The van der Waals surface area contributed by atoms with E-state index in [1.165, 1.54) is 0 Å². The number of hydrogen-bond donors (Lipinski definition) is 0. The molecule has 2 aromatic heterocycles. The van der Waals surface area contributed by atoms with Crippen LogP contribution in [-0.2, 0) is 9.47 Å². The van der Waals surface area contributed by atoms with Crippen LogP contribution in [0.2, 0.25) is 0 Å². The molecule has 0 saturated carbocycles. The molecule has 2 aromatic rings. The molecule has 0 amide bonds. The van der Waals surface area contributed by atoms with Crippen LogP contribution in [0.1, 0.15) is 35.6 Å². The van der Waals surface area contributed by atoms with Gasteiger partial charge in [-0.3, -0.25) is 4.57 Å². The van der Waals surface area contributed by atoms with Crippen molar-refractivity contribution in [2.75, 3.05) is 73.2 Å². The topological polar surface area (TPSA) is 90.3 Å². The summed E-state index contributed by atoms with van der Waals surface area (Å²) in [5, 5.41) is 21.8. The zero-order valence-corrected chi connectivity index (χ0v) is 24.0. The molecule has 0 bridgehead atoms. The second kappa shape index (κ2) is 13.0. The average molecular weight is 557 g/mol. The van der Waals surface area contributed by atoms with Crippen LogP contribution < -0.4 is 9.80 Å². The van der Waals surface area contributed by atoms with E-state index in [1.54, 1.807) is 11.8 Å². The predicted octanol–water partition coefficient (Wildman–Crippen LogP) is 4.83. The number of morpholine rings is 2. The van der Waals surface area contributed by atoms with Crippen LogP contribution in [0.3, 0.4) is 0 Å². The lowest BCUT2D eigenvalue weighted by Gasteiger charge is -2.35. The third kappa shape index (κ3) is 5.92. The summed E-state index contributed by atoms with van der Waals surface area (Å²) in [4.78, 5) is 9.57. The molecule has 0 atom stereocenters. The van der Waals surface area contributed by atoms with Crippen molar-refractivity contribution < 1.29 is 9.47 Å². The maximum absolute atomic E-state index is 10.2. The first-order valence-electron chi connectivity index (χ1n) is 12.5. The number of aryl methyl sites for hydroxylation is 1. The molecule has 0 aromatic carbocycles. The van der Waals surface area contributed by atoms with Crippen molar-refractivity contribution in [1.82, 2.24) is 9.55 Å². The summed E-state index contributed by atoms with van der Waals surface area (Å²) in [6.45, 7) is 11.3. The average Bonchev–Trinajstić information content (AvgIpc) is 2.92. The van der Waals surface area contributed by atoms with E-state index in [2.05, 4.69) is 28.9 Å². The van der Waals surface area contributed by atoms with Gasteiger partial charge in [0.25, 0.3) is 0 Å². The Kier molecular flexibility index (Phi) is 9.74. The van der Waals surface area contributed by atoms with E-state index in [0.29, 0.717) is 68.4 Å². The third-order valence-corrected chi connectivity index (χ3v) is 9.26. The fraction of sp³-hybridized carbons (Fsp3) is 0.538. The van der Waals surface area contributed by atoms with Crippen LogP contribution in [-0.4, -0.2) is 73.0 Å². The lowest BCUT2D eigenvalue weighted by molar-refractivity contribution is 0.122. The van der Waals surface area contributed by atoms with E-state index in [9.17, 15) is 10.5 Å². The molecular weight excluding hydrogens is 525 g/mol. The van der Waals surface area contributed by atoms with Gasteiger partial charge in [0.15, 0.2) is 5.82 Å². The molecule has 2 saturated heterocycles. The van der Waals surface area contributed by atoms with Crippen molar-refractivity contribution in [2.24, 2.45) is 0 Å². The largest absolute Gasteiger partial charge is 0.378 e. The predicted molar refractivity (Wildman–Crippen MR) is 153 cm³/mol. The Hall–Kier alpha value is -2.28. The van der Waals surface area contributed by atoms with E-state index in [4.69, 9.17) is 26.7 Å². The third-order valence-electron chi connectivity index (χ3n) is 6.47. The summed E-state index contributed by atoms with van der Waals surface area (Å²) < 4.78 is 13.7. The molecule has 11 heteroatoms. The number of pyridine rings is 2. The van der Waals surface area contributed by atoms with Crippen molar-refractivity contribution in [2.45, 2.75) is 32.2 Å². The van der Waals surface area contributed by atoms with Gasteiger partial charge in [0, 0.05) is 31.3 Å². The van der Waals surface area contributed by atoms with E-state index < -0.39 is 0 Å². The van der Waals surface area contributed by atoms with E-state index in [0.717, 1.165) is 50.7 Å². The van der Waals surface area contributed by atoms with E-state index >= 15 is 0 Å². The van der Waals surface area contributed by atoms with Crippen LogP contribution >= 0.6 is 35.7 Å². The minimum absolute atomic E-state index is 0.436. The zero-order chi connectivity index (χ0) is 26.4. The Labute approximate surface area is 232 Å². The summed E-state index contributed by atoms with van der Waals surface area (Å²) >= 11 is 9.43. The van der Waals surface area contributed by atoms with Gasteiger partial charge in [0.05, 0.1) is 43.2 Å². The molecule has 4 heterocycles. The quantitative estimate of drug-likeness (QED) is 0.195. The van der Waals surface area contributed by atoms with Crippen molar-refractivity contribution in [1.29, 1.82) is 10.5 Å². The van der Waals surface area contributed by atoms with Gasteiger partial charge in [0.1, 0.15) is 27.6 Å². The van der Waals surface area contributed by atoms with Crippen molar-refractivity contribution in [3.63, 3.8) is 0 Å². The summed E-state index contributed by atoms with van der Waals surface area (Å²) in [6, 6.07) is 6.76. The molecule has 37 heavy (non-hydrogen) atoms. The minimum atomic E-state index is 0.436. The monoisotopic (exact) mass is 556 g/mol. The van der Waals surface area contributed by atoms with Crippen LogP contribution in [0.5, 0.6) is 0 Å². The number of aromatic nitrogens is 2. The fourth-order valence-electron chi connectivity index (χ4n) is 4.54. The summed E-state index contributed by atoms with van der Waals surface area (Å²) in [6.07, 6.45) is 1.11. The molecule has 0 spiro atoms. The number of nitriles is 2. The van der Waals surface area contributed by atoms with Crippen molar-refractivity contribution >= 4 is 47.4 Å². The van der Waals surface area contributed by atoms with Crippen LogP contribution in [0.25, 0.3) is 5.69 Å². The molecule has 2 fully saturated rings. The molecule has 0 aliphatic carbocycles. The van der Waals surface area contributed by atoms with Crippen LogP contribution in [0.15, 0.2) is 11.1 Å². The Morgan fingerprint density at radius 2 is 1.62 bits per heavy atom. The highest BCUT2D eigenvalue weighted by atomic mass is 32.2. The molecule has 196 valence electrons. The van der Waals surface area contributed by atoms with Gasteiger partial charge in [-0.1, -0.05) is 30.9 Å². The number of rotatable bonds is 8. The number of hydrogen-bond acceptors (Lipinski definition) is 10. The van der Waals surface area contributed by atoms with Crippen molar-refractivity contribution in [3.05, 3.63) is 33.0 Å². The van der Waals surface area contributed by atoms with Gasteiger partial charge >= 0.3 is 0 Å². The minimum Gasteiger partial charge on any atom is -0.378 e. The number of anilines is 2. The van der Waals surface area contributed by atoms with Gasteiger partial charge < -0.3 is 19.3 Å². The molecule has 8 nitrogen and oxygen atoms in total. The first kappa shape index (κ1) is 27.7. The Morgan fingerprint density at radius 3 is 2.22 bits per heavy atom. The molecule has 2 aliphatic rings. The lowest BCUT2D eigenvalue weighted by Crippen LogP contribution is -2.39. The SMILES string of the molecule is CCCSCSc1nc(N2CCOCC2)c(-n2c(N3CCOCC3)cc(C)c(C#N)c2=S)c(C)c1C#N. The Morgan fingerprint density at radius 1 is 1.00 bits per heavy atom. The Balaban J connectivity index is 1.98. The number of ether oxygens (including phenoxy) is 2. The van der Waals surface area contributed by atoms with E-state index in [-0.39, 0.29) is 0 Å². The van der Waals surface area contributed by atoms with Gasteiger partial charge in [-0.25, -0.2) is 4.98 Å². The van der Waals surface area contributed by atoms with E-state index in [1.807, 2.05) is 36.2 Å². The number of thioether (sulfide) groups is 2. The smallest absolute Gasteiger partial charge is 0.154 e. The summed E-state index contributed by atoms with van der Waals surface area (Å²) in [7, 11) is 0. The first-order chi connectivity index (χ1) is 18.0.